The Morgan fingerprint density at radius 3 is 2.92 bits per heavy atom. The second-order valence-electron chi connectivity index (χ2n) is 2.71. The van der Waals surface area contributed by atoms with Crippen molar-refractivity contribution >= 4 is 0 Å². The molecule has 1 rings (SSSR count). The third kappa shape index (κ3) is 3.11. The van der Waals surface area contributed by atoms with Gasteiger partial charge >= 0.3 is 0 Å². The highest BCUT2D eigenvalue weighted by atomic mass is 19.1. The molecule has 0 atom stereocenters. The lowest BCUT2D eigenvalue weighted by molar-refractivity contribution is 0.624. The number of nitrogens with one attached hydrogen (secondary N) is 1. The van der Waals surface area contributed by atoms with Crippen molar-refractivity contribution < 1.29 is 4.39 Å². The largest absolute Gasteiger partial charge is 0.381 e. The molecule has 0 fully saturated rings. The first-order valence-electron chi connectivity index (χ1n) is 4.02. The molecule has 0 saturated heterocycles. The van der Waals surface area contributed by atoms with Crippen molar-refractivity contribution in [2.75, 3.05) is 0 Å². The summed E-state index contributed by atoms with van der Waals surface area (Å²) < 4.78 is 12.7. The summed E-state index contributed by atoms with van der Waals surface area (Å²) in [6.07, 6.45) is 1.62. The molecule has 13 heavy (non-hydrogen) atoms. The van der Waals surface area contributed by atoms with Crippen molar-refractivity contribution in [3.8, 4) is 0 Å². The molecule has 0 aromatic heterocycles. The summed E-state index contributed by atoms with van der Waals surface area (Å²) >= 11 is 0. The molecule has 68 valence electrons. The zero-order chi connectivity index (χ0) is 9.68. The summed E-state index contributed by atoms with van der Waals surface area (Å²) in [4.78, 5) is 0. The molecule has 1 nitrogen and oxygen atoms in total. The fraction of sp³-hybridized carbons (Fsp3) is 0.0909. The molecule has 0 saturated carbocycles. The lowest BCUT2D eigenvalue weighted by Crippen LogP contribution is -2.09. The zero-order valence-corrected chi connectivity index (χ0v) is 7.39. The average molecular weight is 177 g/mol. The van der Waals surface area contributed by atoms with Crippen molar-refractivity contribution in [3.63, 3.8) is 0 Å². The lowest BCUT2D eigenvalue weighted by Gasteiger charge is -2.05. The molecule has 0 aliphatic carbocycles. The maximum Gasteiger partial charge on any atom is 0.123 e. The van der Waals surface area contributed by atoms with Crippen LogP contribution < -0.4 is 5.32 Å². The maximum atomic E-state index is 12.7. The minimum Gasteiger partial charge on any atom is -0.381 e. The van der Waals surface area contributed by atoms with E-state index < -0.39 is 0 Å². The van der Waals surface area contributed by atoms with Crippen molar-refractivity contribution in [2.45, 2.75) is 6.54 Å². The second kappa shape index (κ2) is 4.45. The highest BCUT2D eigenvalue weighted by Gasteiger charge is 1.94. The Morgan fingerprint density at radius 1 is 1.54 bits per heavy atom. The van der Waals surface area contributed by atoms with Crippen LogP contribution in [0.5, 0.6) is 0 Å². The van der Waals surface area contributed by atoms with Crippen LogP contribution in [-0.4, -0.2) is 0 Å². The molecule has 0 aliphatic rings. The van der Waals surface area contributed by atoms with Gasteiger partial charge in [0.25, 0.3) is 0 Å². The standard InChI is InChI=1S/C11H12FN/c1-3-9(2)13-8-10-5-4-6-11(12)7-10/h3-7,13H,1-2,8H2. The normalized spacial score (nSPS) is 9.31. The van der Waals surface area contributed by atoms with Crippen molar-refractivity contribution in [1.29, 1.82) is 0 Å². The summed E-state index contributed by atoms with van der Waals surface area (Å²) in [5.74, 6) is -0.219. The fourth-order valence-corrected chi connectivity index (χ4v) is 0.935. The molecule has 1 aromatic rings. The van der Waals surface area contributed by atoms with Gasteiger partial charge in [-0.3, -0.25) is 0 Å². The predicted molar refractivity (Wildman–Crippen MR) is 52.6 cm³/mol. The van der Waals surface area contributed by atoms with Gasteiger partial charge in [-0.1, -0.05) is 25.3 Å². The zero-order valence-electron chi connectivity index (χ0n) is 7.39. The van der Waals surface area contributed by atoms with Crippen LogP contribution in [-0.2, 0) is 6.54 Å². The van der Waals surface area contributed by atoms with E-state index in [4.69, 9.17) is 0 Å². The van der Waals surface area contributed by atoms with Crippen LogP contribution in [0.2, 0.25) is 0 Å². The van der Waals surface area contributed by atoms with Gasteiger partial charge in [0.15, 0.2) is 0 Å². The van der Waals surface area contributed by atoms with Gasteiger partial charge in [-0.25, -0.2) is 4.39 Å². The average Bonchev–Trinajstić information content (AvgIpc) is 2.14. The molecule has 2 heteroatoms. The van der Waals surface area contributed by atoms with Gasteiger partial charge in [0.05, 0.1) is 0 Å². The van der Waals surface area contributed by atoms with Gasteiger partial charge in [-0.15, -0.1) is 0 Å². The van der Waals surface area contributed by atoms with Gasteiger partial charge in [-0.2, -0.15) is 0 Å². The van der Waals surface area contributed by atoms with E-state index in [1.165, 1.54) is 12.1 Å². The van der Waals surface area contributed by atoms with E-state index in [9.17, 15) is 4.39 Å². The Kier molecular flexibility index (Phi) is 3.26. The summed E-state index contributed by atoms with van der Waals surface area (Å²) in [6, 6.07) is 6.45. The number of rotatable bonds is 4. The maximum absolute atomic E-state index is 12.7. The fourth-order valence-electron chi connectivity index (χ4n) is 0.935. The van der Waals surface area contributed by atoms with Crippen LogP contribution in [0.3, 0.4) is 0 Å². The molecular weight excluding hydrogens is 165 g/mol. The molecule has 0 aliphatic heterocycles. The molecule has 0 radical (unpaired) electrons. The monoisotopic (exact) mass is 177 g/mol. The number of halogens is 1. The molecular formula is C11H12FN. The van der Waals surface area contributed by atoms with Crippen LogP contribution in [0.4, 0.5) is 4.39 Å². The van der Waals surface area contributed by atoms with Gasteiger partial charge in [0, 0.05) is 12.2 Å². The third-order valence-electron chi connectivity index (χ3n) is 1.66. The molecule has 0 spiro atoms. The molecule has 1 aromatic carbocycles. The van der Waals surface area contributed by atoms with Crippen LogP contribution >= 0.6 is 0 Å². The predicted octanol–water partition coefficient (Wildman–Crippen LogP) is 2.62. The van der Waals surface area contributed by atoms with Gasteiger partial charge < -0.3 is 5.32 Å². The Morgan fingerprint density at radius 2 is 2.31 bits per heavy atom. The van der Waals surface area contributed by atoms with E-state index in [-0.39, 0.29) is 5.82 Å². The number of benzene rings is 1. The number of hydrogen-bond donors (Lipinski definition) is 1. The summed E-state index contributed by atoms with van der Waals surface area (Å²) in [5, 5.41) is 3.00. The molecule has 0 heterocycles. The van der Waals surface area contributed by atoms with Crippen molar-refractivity contribution in [1.82, 2.24) is 5.32 Å². The van der Waals surface area contributed by atoms with Gasteiger partial charge in [0.1, 0.15) is 5.82 Å². The Balaban J connectivity index is 2.54. The summed E-state index contributed by atoms with van der Waals surface area (Å²) in [5.41, 5.74) is 1.63. The van der Waals surface area contributed by atoms with E-state index in [1.54, 1.807) is 12.1 Å². The van der Waals surface area contributed by atoms with E-state index in [0.29, 0.717) is 6.54 Å². The summed E-state index contributed by atoms with van der Waals surface area (Å²) in [6.45, 7) is 7.81. The quantitative estimate of drug-likeness (QED) is 0.697. The van der Waals surface area contributed by atoms with E-state index in [1.807, 2.05) is 6.07 Å². The SMILES string of the molecule is C=CC(=C)NCc1cccc(F)c1. The first kappa shape index (κ1) is 9.52. The Hall–Kier alpha value is -1.57. The van der Waals surface area contributed by atoms with Crippen LogP contribution in [0.25, 0.3) is 0 Å². The van der Waals surface area contributed by atoms with Gasteiger partial charge in [-0.05, 0) is 23.8 Å². The van der Waals surface area contributed by atoms with Crippen LogP contribution in [0, 0.1) is 5.82 Å². The first-order valence-corrected chi connectivity index (χ1v) is 4.02. The molecule has 1 N–H and O–H groups in total. The Labute approximate surface area is 77.6 Å². The van der Waals surface area contributed by atoms with Crippen molar-refractivity contribution in [2.24, 2.45) is 0 Å². The minimum absolute atomic E-state index is 0.219. The smallest absolute Gasteiger partial charge is 0.123 e. The highest BCUT2D eigenvalue weighted by molar-refractivity contribution is 5.18. The molecule has 0 unspecified atom stereocenters. The Bertz CT molecular complexity index is 318. The van der Waals surface area contributed by atoms with E-state index in [2.05, 4.69) is 18.5 Å². The van der Waals surface area contributed by atoms with E-state index >= 15 is 0 Å². The molecule has 0 bridgehead atoms. The second-order valence-corrected chi connectivity index (χ2v) is 2.71. The lowest BCUT2D eigenvalue weighted by atomic mass is 10.2. The van der Waals surface area contributed by atoms with Crippen molar-refractivity contribution in [3.05, 3.63) is 60.6 Å². The third-order valence-corrected chi connectivity index (χ3v) is 1.66. The van der Waals surface area contributed by atoms with Crippen LogP contribution in [0.1, 0.15) is 5.56 Å². The highest BCUT2D eigenvalue weighted by Crippen LogP contribution is 2.03. The molecule has 0 amide bonds. The van der Waals surface area contributed by atoms with Crippen LogP contribution in [0.15, 0.2) is 49.2 Å². The van der Waals surface area contributed by atoms with Gasteiger partial charge in [0.2, 0.25) is 0 Å². The first-order chi connectivity index (χ1) is 6.22. The number of hydrogen-bond acceptors (Lipinski definition) is 1. The number of allylic oxidation sites excluding steroid dienone is 1. The van der Waals surface area contributed by atoms with E-state index in [0.717, 1.165) is 11.3 Å². The topological polar surface area (TPSA) is 12.0 Å². The summed E-state index contributed by atoms with van der Waals surface area (Å²) in [7, 11) is 0. The minimum atomic E-state index is -0.219.